The first-order chi connectivity index (χ1) is 10.6. The van der Waals surface area contributed by atoms with Crippen LogP contribution in [0.2, 0.25) is 0 Å². The first-order valence-electron chi connectivity index (χ1n) is 7.18. The van der Waals surface area contributed by atoms with Crippen molar-refractivity contribution in [2.75, 3.05) is 43.4 Å². The van der Waals surface area contributed by atoms with E-state index >= 15 is 0 Å². The molecule has 0 spiro atoms. The summed E-state index contributed by atoms with van der Waals surface area (Å²) in [5.41, 5.74) is 1.05. The quantitative estimate of drug-likeness (QED) is 0.762. The number of rotatable bonds is 4. The van der Waals surface area contributed by atoms with Crippen molar-refractivity contribution >= 4 is 51.3 Å². The average Bonchev–Trinajstić information content (AvgIpc) is 2.54. The zero-order chi connectivity index (χ0) is 15.9. The predicted molar refractivity (Wildman–Crippen MR) is 99.5 cm³/mol. The molecule has 1 aromatic rings. The van der Waals surface area contributed by atoms with Gasteiger partial charge < -0.3 is 14.5 Å². The lowest BCUT2D eigenvalue weighted by molar-refractivity contribution is 0.335. The number of benzene rings is 1. The fraction of sp³-hybridized carbons (Fsp3) is 0.467. The van der Waals surface area contributed by atoms with Crippen LogP contribution in [0.3, 0.4) is 0 Å². The molecule has 0 saturated carbocycles. The Balaban J connectivity index is 1.78. The van der Waals surface area contributed by atoms with Gasteiger partial charge in [0.15, 0.2) is 5.05 Å². The van der Waals surface area contributed by atoms with E-state index in [1.807, 2.05) is 19.1 Å². The molecule has 0 amide bonds. The highest BCUT2D eigenvalue weighted by Gasteiger charge is 2.19. The van der Waals surface area contributed by atoms with Crippen LogP contribution in [-0.2, 0) is 4.74 Å². The van der Waals surface area contributed by atoms with Crippen molar-refractivity contribution in [2.24, 2.45) is 0 Å². The van der Waals surface area contributed by atoms with Gasteiger partial charge in [0.25, 0.3) is 0 Å². The van der Waals surface area contributed by atoms with Gasteiger partial charge >= 0.3 is 0 Å². The first kappa shape index (κ1) is 17.4. The molecule has 1 aliphatic heterocycles. The molecule has 1 saturated heterocycles. The van der Waals surface area contributed by atoms with Gasteiger partial charge in [-0.25, -0.2) is 4.39 Å². The summed E-state index contributed by atoms with van der Waals surface area (Å²) in [6, 6.07) is 6.63. The van der Waals surface area contributed by atoms with Gasteiger partial charge in [0, 0.05) is 31.9 Å². The SMILES string of the molecule is CCOC(=S)CSC(=S)N1CCN(c2ccc(F)cc2)CC1. The summed E-state index contributed by atoms with van der Waals surface area (Å²) in [5, 5.41) is 0.597. The Hall–Kier alpha value is -0.920. The lowest BCUT2D eigenvalue weighted by Crippen LogP contribution is -2.47. The number of piperazine rings is 1. The summed E-state index contributed by atoms with van der Waals surface area (Å²) < 4.78 is 19.1. The molecule has 1 heterocycles. The molecule has 0 aliphatic carbocycles. The largest absolute Gasteiger partial charge is 0.486 e. The second-order valence-electron chi connectivity index (χ2n) is 4.81. The summed E-state index contributed by atoms with van der Waals surface area (Å²) in [7, 11) is 0. The minimum atomic E-state index is -0.203. The summed E-state index contributed by atoms with van der Waals surface area (Å²) in [6.45, 7) is 6.01. The first-order valence-corrected chi connectivity index (χ1v) is 8.98. The number of anilines is 1. The molecule has 120 valence electrons. The Morgan fingerprint density at radius 3 is 2.41 bits per heavy atom. The number of hydrogen-bond acceptors (Lipinski definition) is 5. The predicted octanol–water partition coefficient (Wildman–Crippen LogP) is 3.33. The van der Waals surface area contributed by atoms with Crippen LogP contribution in [-0.4, -0.2) is 52.8 Å². The van der Waals surface area contributed by atoms with Crippen molar-refractivity contribution in [2.45, 2.75) is 6.92 Å². The number of thiocarbonyl (C=S) groups is 2. The van der Waals surface area contributed by atoms with Gasteiger partial charge in [-0.05, 0) is 43.4 Å². The van der Waals surface area contributed by atoms with E-state index in [9.17, 15) is 4.39 Å². The van der Waals surface area contributed by atoms with E-state index in [1.165, 1.54) is 12.1 Å². The highest BCUT2D eigenvalue weighted by Crippen LogP contribution is 2.19. The van der Waals surface area contributed by atoms with Crippen LogP contribution in [0.4, 0.5) is 10.1 Å². The molecule has 0 N–H and O–H groups in total. The summed E-state index contributed by atoms with van der Waals surface area (Å²) in [6.07, 6.45) is 0. The number of ether oxygens (including phenoxy) is 1. The highest BCUT2D eigenvalue weighted by molar-refractivity contribution is 8.23. The van der Waals surface area contributed by atoms with Crippen LogP contribution in [0.25, 0.3) is 0 Å². The third-order valence-corrected chi connectivity index (χ3v) is 5.32. The van der Waals surface area contributed by atoms with Crippen LogP contribution in [0.1, 0.15) is 6.92 Å². The summed E-state index contributed by atoms with van der Waals surface area (Å²) in [5.74, 6) is 0.422. The average molecular weight is 359 g/mol. The fourth-order valence-electron chi connectivity index (χ4n) is 2.21. The Morgan fingerprint density at radius 1 is 1.18 bits per heavy atom. The molecule has 0 atom stereocenters. The topological polar surface area (TPSA) is 15.7 Å². The molecule has 0 unspecified atom stereocenters. The Kier molecular flexibility index (Phi) is 6.85. The van der Waals surface area contributed by atoms with Gasteiger partial charge in [0.05, 0.1) is 12.4 Å². The van der Waals surface area contributed by atoms with E-state index in [-0.39, 0.29) is 5.82 Å². The Bertz CT molecular complexity index is 516. The summed E-state index contributed by atoms with van der Waals surface area (Å²) in [4.78, 5) is 4.43. The molecular formula is C15H19FN2OS3. The van der Waals surface area contributed by atoms with Crippen LogP contribution in [0.5, 0.6) is 0 Å². The van der Waals surface area contributed by atoms with Crippen LogP contribution >= 0.6 is 36.2 Å². The normalized spacial score (nSPS) is 14.8. The lowest BCUT2D eigenvalue weighted by Gasteiger charge is -2.37. The minimum Gasteiger partial charge on any atom is -0.486 e. The number of halogens is 1. The third kappa shape index (κ3) is 5.07. The maximum absolute atomic E-state index is 13.0. The molecule has 1 fully saturated rings. The summed E-state index contributed by atoms with van der Waals surface area (Å²) >= 11 is 12.1. The van der Waals surface area contributed by atoms with E-state index in [0.29, 0.717) is 17.4 Å². The molecule has 0 radical (unpaired) electrons. The molecule has 2 rings (SSSR count). The van der Waals surface area contributed by atoms with Gasteiger partial charge in [-0.15, -0.1) is 0 Å². The molecule has 0 bridgehead atoms. The molecule has 3 nitrogen and oxygen atoms in total. The zero-order valence-corrected chi connectivity index (χ0v) is 14.9. The van der Waals surface area contributed by atoms with E-state index in [0.717, 1.165) is 36.2 Å². The molecule has 1 aromatic carbocycles. The minimum absolute atomic E-state index is 0.203. The van der Waals surface area contributed by atoms with E-state index in [2.05, 4.69) is 9.80 Å². The third-order valence-electron chi connectivity index (χ3n) is 3.35. The maximum atomic E-state index is 13.0. The molecule has 22 heavy (non-hydrogen) atoms. The maximum Gasteiger partial charge on any atom is 0.170 e. The standard InChI is InChI=1S/C15H19FN2OS3/c1-2-19-14(20)11-22-15(21)18-9-7-17(8-10-18)13-5-3-12(16)4-6-13/h3-6H,2,7-11H2,1H3. The van der Waals surface area contributed by atoms with Crippen molar-refractivity contribution in [3.8, 4) is 0 Å². The molecule has 1 aliphatic rings. The van der Waals surface area contributed by atoms with Crippen molar-refractivity contribution in [3.63, 3.8) is 0 Å². The van der Waals surface area contributed by atoms with Crippen LogP contribution < -0.4 is 4.90 Å². The zero-order valence-electron chi connectivity index (χ0n) is 12.5. The van der Waals surface area contributed by atoms with E-state index in [4.69, 9.17) is 29.2 Å². The number of nitrogens with zero attached hydrogens (tertiary/aromatic N) is 2. The molecule has 7 heteroatoms. The smallest absolute Gasteiger partial charge is 0.170 e. The Labute approximate surface area is 145 Å². The van der Waals surface area contributed by atoms with Gasteiger partial charge in [-0.3, -0.25) is 0 Å². The van der Waals surface area contributed by atoms with Crippen molar-refractivity contribution in [1.29, 1.82) is 0 Å². The van der Waals surface area contributed by atoms with Gasteiger partial charge in [-0.1, -0.05) is 24.0 Å². The number of thioether (sulfide) groups is 1. The lowest BCUT2D eigenvalue weighted by atomic mass is 10.2. The number of hydrogen-bond donors (Lipinski definition) is 0. The molecular weight excluding hydrogens is 339 g/mol. The van der Waals surface area contributed by atoms with Crippen molar-refractivity contribution in [1.82, 2.24) is 4.90 Å². The van der Waals surface area contributed by atoms with Gasteiger partial charge in [-0.2, -0.15) is 0 Å². The van der Waals surface area contributed by atoms with E-state index in [1.54, 1.807) is 11.8 Å². The van der Waals surface area contributed by atoms with Crippen molar-refractivity contribution < 1.29 is 9.13 Å². The van der Waals surface area contributed by atoms with E-state index < -0.39 is 0 Å². The monoisotopic (exact) mass is 358 g/mol. The Morgan fingerprint density at radius 2 is 1.82 bits per heavy atom. The highest BCUT2D eigenvalue weighted by atomic mass is 32.2. The van der Waals surface area contributed by atoms with Crippen LogP contribution in [0.15, 0.2) is 24.3 Å². The second-order valence-corrected chi connectivity index (χ2v) is 6.87. The van der Waals surface area contributed by atoms with Gasteiger partial charge in [0.2, 0.25) is 0 Å². The van der Waals surface area contributed by atoms with Crippen LogP contribution in [0, 0.1) is 5.82 Å². The molecule has 0 aromatic heterocycles. The second kappa shape index (κ2) is 8.64. The van der Waals surface area contributed by atoms with Gasteiger partial charge in [0.1, 0.15) is 10.1 Å². The van der Waals surface area contributed by atoms with Crippen molar-refractivity contribution in [3.05, 3.63) is 30.1 Å². The fourth-order valence-corrected chi connectivity index (χ4v) is 3.56.